The van der Waals surface area contributed by atoms with E-state index in [0.29, 0.717) is 12.2 Å². The SMILES string of the molecule is CC(CO)Cn1nnc(C(=O)O)c1-c1cccs1. The lowest BCUT2D eigenvalue weighted by Crippen LogP contribution is -2.13. The molecular weight excluding hydrogens is 254 g/mol. The van der Waals surface area contributed by atoms with Crippen molar-refractivity contribution in [2.75, 3.05) is 6.61 Å². The van der Waals surface area contributed by atoms with Crippen molar-refractivity contribution in [3.05, 3.63) is 23.2 Å². The highest BCUT2D eigenvalue weighted by Crippen LogP contribution is 2.27. The number of nitrogens with zero attached hydrogens (tertiary/aromatic N) is 3. The van der Waals surface area contributed by atoms with E-state index in [0.717, 1.165) is 4.88 Å². The second kappa shape index (κ2) is 5.28. The van der Waals surface area contributed by atoms with Gasteiger partial charge in [-0.3, -0.25) is 0 Å². The van der Waals surface area contributed by atoms with Crippen LogP contribution in [-0.2, 0) is 6.54 Å². The van der Waals surface area contributed by atoms with E-state index in [2.05, 4.69) is 10.3 Å². The molecule has 0 amide bonds. The lowest BCUT2D eigenvalue weighted by molar-refractivity contribution is 0.0691. The molecule has 0 aliphatic heterocycles. The van der Waals surface area contributed by atoms with Gasteiger partial charge in [-0.2, -0.15) is 0 Å². The molecule has 2 rings (SSSR count). The molecule has 0 bridgehead atoms. The monoisotopic (exact) mass is 267 g/mol. The van der Waals surface area contributed by atoms with Gasteiger partial charge in [0.05, 0.1) is 4.88 Å². The number of carboxylic acids is 1. The third kappa shape index (κ3) is 2.41. The van der Waals surface area contributed by atoms with Crippen molar-refractivity contribution in [2.45, 2.75) is 13.5 Å². The van der Waals surface area contributed by atoms with Crippen LogP contribution in [0.2, 0.25) is 0 Å². The molecule has 0 aliphatic rings. The number of hydrogen-bond donors (Lipinski definition) is 2. The molecular formula is C11H13N3O3S. The van der Waals surface area contributed by atoms with E-state index < -0.39 is 5.97 Å². The second-order valence-electron chi connectivity index (χ2n) is 4.04. The molecule has 0 saturated heterocycles. The third-order valence-corrected chi connectivity index (χ3v) is 3.37. The van der Waals surface area contributed by atoms with Crippen LogP contribution in [0.25, 0.3) is 10.6 Å². The van der Waals surface area contributed by atoms with Crippen LogP contribution < -0.4 is 0 Å². The summed E-state index contributed by atoms with van der Waals surface area (Å²) in [4.78, 5) is 11.9. The summed E-state index contributed by atoms with van der Waals surface area (Å²) < 4.78 is 1.54. The molecule has 1 unspecified atom stereocenters. The predicted octanol–water partition coefficient (Wildman–Crippen LogP) is 1.33. The number of aliphatic hydroxyl groups is 1. The van der Waals surface area contributed by atoms with Crippen molar-refractivity contribution in [2.24, 2.45) is 5.92 Å². The van der Waals surface area contributed by atoms with Crippen molar-refractivity contribution < 1.29 is 15.0 Å². The Hall–Kier alpha value is -1.73. The van der Waals surface area contributed by atoms with Crippen molar-refractivity contribution >= 4 is 17.3 Å². The highest BCUT2D eigenvalue weighted by Gasteiger charge is 2.21. The first-order valence-corrected chi connectivity index (χ1v) is 6.33. The summed E-state index contributed by atoms with van der Waals surface area (Å²) in [7, 11) is 0. The minimum Gasteiger partial charge on any atom is -0.476 e. The first kappa shape index (κ1) is 12.7. The normalized spacial score (nSPS) is 12.6. The Kier molecular flexibility index (Phi) is 3.73. The molecule has 2 heterocycles. The zero-order valence-electron chi connectivity index (χ0n) is 9.78. The van der Waals surface area contributed by atoms with Gasteiger partial charge < -0.3 is 10.2 Å². The first-order valence-electron chi connectivity index (χ1n) is 5.45. The number of carboxylic acid groups (broad SMARTS) is 1. The Bertz CT molecular complexity index is 536. The Labute approximate surface area is 107 Å². The molecule has 0 aliphatic carbocycles. The van der Waals surface area contributed by atoms with Crippen LogP contribution in [0.5, 0.6) is 0 Å². The van der Waals surface area contributed by atoms with Crippen LogP contribution in [0.1, 0.15) is 17.4 Å². The molecule has 2 N–H and O–H groups in total. The molecule has 0 spiro atoms. The number of aromatic nitrogens is 3. The highest BCUT2D eigenvalue weighted by atomic mass is 32.1. The summed E-state index contributed by atoms with van der Waals surface area (Å²) in [6.07, 6.45) is 0. The lowest BCUT2D eigenvalue weighted by atomic mass is 10.2. The van der Waals surface area contributed by atoms with E-state index in [9.17, 15) is 4.79 Å². The molecule has 0 radical (unpaired) electrons. The standard InChI is InChI=1S/C11H13N3O3S/c1-7(6-15)5-14-10(8-3-2-4-18-8)9(11(16)17)12-13-14/h2-4,7,15H,5-6H2,1H3,(H,16,17). The maximum absolute atomic E-state index is 11.1. The Morgan fingerprint density at radius 3 is 2.94 bits per heavy atom. The van der Waals surface area contributed by atoms with Crippen molar-refractivity contribution in [3.8, 4) is 10.6 Å². The maximum atomic E-state index is 11.1. The van der Waals surface area contributed by atoms with Crippen molar-refractivity contribution in [1.29, 1.82) is 0 Å². The minimum absolute atomic E-state index is 0.00735. The number of thiophene rings is 1. The lowest BCUT2D eigenvalue weighted by Gasteiger charge is -2.09. The quantitative estimate of drug-likeness (QED) is 0.853. The van der Waals surface area contributed by atoms with Crippen molar-refractivity contribution in [1.82, 2.24) is 15.0 Å². The molecule has 2 aromatic heterocycles. The fraction of sp³-hybridized carbons (Fsp3) is 0.364. The van der Waals surface area contributed by atoms with Crippen LogP contribution in [0.15, 0.2) is 17.5 Å². The number of rotatable bonds is 5. The molecule has 0 saturated carbocycles. The van der Waals surface area contributed by atoms with Crippen LogP contribution in [-0.4, -0.2) is 37.8 Å². The maximum Gasteiger partial charge on any atom is 0.358 e. The van der Waals surface area contributed by atoms with Gasteiger partial charge in [-0.25, -0.2) is 9.48 Å². The van der Waals surface area contributed by atoms with Gasteiger partial charge in [-0.1, -0.05) is 18.2 Å². The molecule has 2 aromatic rings. The van der Waals surface area contributed by atoms with Crippen LogP contribution in [0.3, 0.4) is 0 Å². The molecule has 0 fully saturated rings. The molecule has 1 atom stereocenters. The Morgan fingerprint density at radius 1 is 1.61 bits per heavy atom. The van der Waals surface area contributed by atoms with E-state index in [1.165, 1.54) is 16.0 Å². The van der Waals surface area contributed by atoms with Gasteiger partial charge >= 0.3 is 5.97 Å². The Morgan fingerprint density at radius 2 is 2.39 bits per heavy atom. The summed E-state index contributed by atoms with van der Waals surface area (Å²) in [5, 5.41) is 27.6. The number of aliphatic hydroxyl groups excluding tert-OH is 1. The van der Waals surface area contributed by atoms with Gasteiger partial charge in [-0.05, 0) is 17.4 Å². The summed E-state index contributed by atoms with van der Waals surface area (Å²) in [5.74, 6) is -1.10. The number of aromatic carboxylic acids is 1. The van der Waals surface area contributed by atoms with Gasteiger partial charge in [0.2, 0.25) is 0 Å². The Balaban J connectivity index is 2.45. The van der Waals surface area contributed by atoms with Gasteiger partial charge in [-0.15, -0.1) is 16.4 Å². The molecule has 0 aromatic carbocycles. The van der Waals surface area contributed by atoms with E-state index >= 15 is 0 Å². The zero-order chi connectivity index (χ0) is 13.1. The summed E-state index contributed by atoms with van der Waals surface area (Å²) >= 11 is 1.43. The van der Waals surface area contributed by atoms with E-state index in [1.807, 2.05) is 24.4 Å². The molecule has 18 heavy (non-hydrogen) atoms. The molecule has 6 nitrogen and oxygen atoms in total. The van der Waals surface area contributed by atoms with Crippen LogP contribution in [0.4, 0.5) is 0 Å². The van der Waals surface area contributed by atoms with Crippen molar-refractivity contribution in [3.63, 3.8) is 0 Å². The predicted molar refractivity (Wildman–Crippen MR) is 66.5 cm³/mol. The van der Waals surface area contributed by atoms with Gasteiger partial charge in [0.25, 0.3) is 0 Å². The number of carbonyl (C=O) groups is 1. The van der Waals surface area contributed by atoms with E-state index in [4.69, 9.17) is 10.2 Å². The average molecular weight is 267 g/mol. The minimum atomic E-state index is -1.10. The topological polar surface area (TPSA) is 88.2 Å². The van der Waals surface area contributed by atoms with Gasteiger partial charge in [0.15, 0.2) is 5.69 Å². The average Bonchev–Trinajstić information content (AvgIpc) is 2.96. The first-order chi connectivity index (χ1) is 8.63. The third-order valence-electron chi connectivity index (χ3n) is 2.49. The zero-order valence-corrected chi connectivity index (χ0v) is 10.6. The van der Waals surface area contributed by atoms with Crippen LogP contribution in [0, 0.1) is 5.92 Å². The molecule has 7 heteroatoms. The summed E-state index contributed by atoms with van der Waals surface area (Å²) in [5.41, 5.74) is 0.445. The van der Waals surface area contributed by atoms with E-state index in [-0.39, 0.29) is 18.2 Å². The summed E-state index contributed by atoms with van der Waals surface area (Å²) in [6.45, 7) is 2.32. The highest BCUT2D eigenvalue weighted by molar-refractivity contribution is 7.13. The molecule has 96 valence electrons. The summed E-state index contributed by atoms with van der Waals surface area (Å²) in [6, 6.07) is 3.67. The second-order valence-corrected chi connectivity index (χ2v) is 4.99. The van der Waals surface area contributed by atoms with E-state index in [1.54, 1.807) is 0 Å². The van der Waals surface area contributed by atoms with Crippen LogP contribution >= 0.6 is 11.3 Å². The van der Waals surface area contributed by atoms with Gasteiger partial charge in [0.1, 0.15) is 5.69 Å². The largest absolute Gasteiger partial charge is 0.476 e. The van der Waals surface area contributed by atoms with Gasteiger partial charge in [0, 0.05) is 13.2 Å². The fourth-order valence-electron chi connectivity index (χ4n) is 1.60. The smallest absolute Gasteiger partial charge is 0.358 e. The number of hydrogen-bond acceptors (Lipinski definition) is 5. The fourth-order valence-corrected chi connectivity index (χ4v) is 2.37.